The molecule has 0 aliphatic rings. The van der Waals surface area contributed by atoms with Crippen molar-refractivity contribution in [1.82, 2.24) is 4.57 Å². The van der Waals surface area contributed by atoms with Crippen molar-refractivity contribution in [3.63, 3.8) is 0 Å². The maximum atomic E-state index is 12.6. The van der Waals surface area contributed by atoms with Crippen LogP contribution >= 0.6 is 0 Å². The Balaban J connectivity index is 2.06. The summed E-state index contributed by atoms with van der Waals surface area (Å²) in [4.78, 5) is 12.6. The van der Waals surface area contributed by atoms with Gasteiger partial charge < -0.3 is 13.7 Å². The first-order chi connectivity index (χ1) is 14.1. The molecule has 0 saturated heterocycles. The van der Waals surface area contributed by atoms with Crippen molar-refractivity contribution in [3.05, 3.63) is 58.9 Å². The van der Waals surface area contributed by atoms with Crippen molar-refractivity contribution in [2.75, 3.05) is 13.2 Å². The van der Waals surface area contributed by atoms with Crippen LogP contribution in [0, 0.1) is 6.92 Å². The highest BCUT2D eigenvalue weighted by molar-refractivity contribution is 6.74. The average Bonchev–Trinajstić information content (AvgIpc) is 2.97. The topological polar surface area (TPSA) is 40.5 Å². The normalized spacial score (nSPS) is 12.2. The van der Waals surface area contributed by atoms with Gasteiger partial charge in [0.05, 0.1) is 12.2 Å². The summed E-state index contributed by atoms with van der Waals surface area (Å²) >= 11 is 0. The van der Waals surface area contributed by atoms with E-state index in [-0.39, 0.29) is 11.0 Å². The third kappa shape index (κ3) is 6.32. The Kier molecular flexibility index (Phi) is 8.50. The predicted octanol–water partition coefficient (Wildman–Crippen LogP) is 6.37. The molecule has 0 unspecified atom stereocenters. The molecular weight excluding hydrogens is 390 g/mol. The molecule has 166 valence electrons. The van der Waals surface area contributed by atoms with Gasteiger partial charge in [-0.25, -0.2) is 4.79 Å². The Morgan fingerprint density at radius 1 is 1.10 bits per heavy atom. The minimum Gasteiger partial charge on any atom is -0.462 e. The number of esters is 1. The summed E-state index contributed by atoms with van der Waals surface area (Å²) in [6.45, 7) is 17.2. The quantitative estimate of drug-likeness (QED) is 0.250. The molecule has 30 heavy (non-hydrogen) atoms. The number of aromatic nitrogens is 1. The number of hydrogen-bond donors (Lipinski definition) is 0. The summed E-state index contributed by atoms with van der Waals surface area (Å²) in [6, 6.07) is 10.3. The van der Waals surface area contributed by atoms with Crippen molar-refractivity contribution in [3.8, 4) is 0 Å². The molecule has 0 fully saturated rings. The summed E-state index contributed by atoms with van der Waals surface area (Å²) in [5.41, 5.74) is 4.01. The summed E-state index contributed by atoms with van der Waals surface area (Å²) in [7, 11) is -1.70. The number of carbonyl (C=O) groups is 1. The van der Waals surface area contributed by atoms with E-state index in [1.54, 1.807) is 0 Å². The summed E-state index contributed by atoms with van der Waals surface area (Å²) in [6.07, 6.45) is 4.98. The predicted molar refractivity (Wildman–Crippen MR) is 127 cm³/mol. The van der Waals surface area contributed by atoms with Crippen molar-refractivity contribution in [2.24, 2.45) is 0 Å². The van der Waals surface area contributed by atoms with Crippen LogP contribution in [0.25, 0.3) is 0 Å². The summed E-state index contributed by atoms with van der Waals surface area (Å²) < 4.78 is 13.8. The fraction of sp³-hybridized carbons (Fsp3) is 0.560. The van der Waals surface area contributed by atoms with Crippen LogP contribution in [0.1, 0.15) is 67.7 Å². The second kappa shape index (κ2) is 10.4. The molecule has 0 saturated carbocycles. The molecule has 5 heteroatoms. The van der Waals surface area contributed by atoms with Gasteiger partial charge in [-0.15, -0.1) is 0 Å². The van der Waals surface area contributed by atoms with E-state index in [2.05, 4.69) is 56.8 Å². The lowest BCUT2D eigenvalue weighted by Crippen LogP contribution is -2.40. The zero-order valence-corrected chi connectivity index (χ0v) is 20.9. The summed E-state index contributed by atoms with van der Waals surface area (Å²) in [5, 5.41) is 0.232. The molecule has 0 bridgehead atoms. The zero-order valence-electron chi connectivity index (χ0n) is 19.9. The molecule has 0 amide bonds. The Morgan fingerprint density at radius 2 is 1.77 bits per heavy atom. The Bertz CT molecular complexity index is 819. The highest BCUT2D eigenvalue weighted by Gasteiger charge is 2.36. The first kappa shape index (κ1) is 24.4. The summed E-state index contributed by atoms with van der Waals surface area (Å²) in [5.74, 6) is -0.214. The zero-order chi connectivity index (χ0) is 22.4. The lowest BCUT2D eigenvalue weighted by Gasteiger charge is -2.36. The van der Waals surface area contributed by atoms with E-state index in [1.807, 2.05) is 32.0 Å². The number of unbranched alkanes of at least 4 members (excludes halogenated alkanes) is 1. The molecule has 0 atom stereocenters. The molecule has 0 aliphatic heterocycles. The van der Waals surface area contributed by atoms with E-state index < -0.39 is 8.32 Å². The van der Waals surface area contributed by atoms with Crippen molar-refractivity contribution < 1.29 is 14.0 Å². The smallest absolute Gasteiger partial charge is 0.340 e. The second-order valence-electron chi connectivity index (χ2n) is 9.51. The van der Waals surface area contributed by atoms with E-state index >= 15 is 0 Å². The van der Waals surface area contributed by atoms with Gasteiger partial charge in [-0.05, 0) is 62.4 Å². The van der Waals surface area contributed by atoms with Crippen LogP contribution in [0.15, 0.2) is 36.5 Å². The molecule has 0 spiro atoms. The minimum absolute atomic E-state index is 0.214. The van der Waals surface area contributed by atoms with Crippen molar-refractivity contribution in [2.45, 2.75) is 78.6 Å². The maximum Gasteiger partial charge on any atom is 0.340 e. The molecule has 1 aromatic carbocycles. The van der Waals surface area contributed by atoms with E-state index in [0.717, 1.165) is 49.2 Å². The Labute approximate surface area is 183 Å². The standard InChI is InChI=1S/C25H39NO3Si/c1-8-28-24(27)23-20(2)26(18-21-14-10-9-11-15-21)19-22(23)16-12-13-17-29-30(6,7)25(3,4)5/h9-11,14-15,19H,8,12-13,16-18H2,1-7H3. The first-order valence-electron chi connectivity index (χ1n) is 11.1. The van der Waals surface area contributed by atoms with E-state index in [4.69, 9.17) is 9.16 Å². The van der Waals surface area contributed by atoms with Gasteiger partial charge in [-0.2, -0.15) is 0 Å². The van der Waals surface area contributed by atoms with Crippen molar-refractivity contribution >= 4 is 14.3 Å². The molecular formula is C25H39NO3Si. The van der Waals surface area contributed by atoms with Crippen LogP contribution in [-0.2, 0) is 22.1 Å². The monoisotopic (exact) mass is 429 g/mol. The van der Waals surface area contributed by atoms with Gasteiger partial charge in [-0.1, -0.05) is 51.1 Å². The molecule has 2 rings (SSSR count). The highest BCUT2D eigenvalue weighted by Crippen LogP contribution is 2.36. The van der Waals surface area contributed by atoms with Crippen LogP contribution in [-0.4, -0.2) is 32.1 Å². The highest BCUT2D eigenvalue weighted by atomic mass is 28.4. The van der Waals surface area contributed by atoms with Crippen molar-refractivity contribution in [1.29, 1.82) is 0 Å². The first-order valence-corrected chi connectivity index (χ1v) is 14.0. The van der Waals surface area contributed by atoms with Crippen LogP contribution in [0.5, 0.6) is 0 Å². The van der Waals surface area contributed by atoms with Crippen LogP contribution in [0.4, 0.5) is 0 Å². The van der Waals surface area contributed by atoms with Gasteiger partial charge in [-0.3, -0.25) is 0 Å². The largest absolute Gasteiger partial charge is 0.462 e. The minimum atomic E-state index is -1.70. The molecule has 1 heterocycles. The molecule has 0 radical (unpaired) electrons. The number of hydrogen-bond acceptors (Lipinski definition) is 3. The van der Waals surface area contributed by atoms with Gasteiger partial charge in [0.2, 0.25) is 0 Å². The molecule has 0 aliphatic carbocycles. The van der Waals surface area contributed by atoms with Crippen LogP contribution in [0.3, 0.4) is 0 Å². The van der Waals surface area contributed by atoms with Crippen LogP contribution in [0.2, 0.25) is 18.1 Å². The fourth-order valence-electron chi connectivity index (χ4n) is 3.30. The maximum absolute atomic E-state index is 12.6. The lowest BCUT2D eigenvalue weighted by atomic mass is 10.1. The van der Waals surface area contributed by atoms with Gasteiger partial charge in [0.15, 0.2) is 8.32 Å². The van der Waals surface area contributed by atoms with Gasteiger partial charge in [0.25, 0.3) is 0 Å². The number of rotatable bonds is 10. The third-order valence-electron chi connectivity index (χ3n) is 6.21. The number of nitrogens with zero attached hydrogens (tertiary/aromatic N) is 1. The lowest BCUT2D eigenvalue weighted by molar-refractivity contribution is 0.0524. The second-order valence-corrected chi connectivity index (χ2v) is 14.3. The van der Waals surface area contributed by atoms with Gasteiger partial charge in [0.1, 0.15) is 0 Å². The molecule has 1 aromatic heterocycles. The SMILES string of the molecule is CCOC(=O)c1c(CCCCO[Si](C)(C)C(C)(C)C)cn(Cc2ccccc2)c1C. The van der Waals surface area contributed by atoms with E-state index in [0.29, 0.717) is 6.61 Å². The van der Waals surface area contributed by atoms with E-state index in [1.165, 1.54) is 5.56 Å². The number of benzene rings is 1. The molecule has 2 aromatic rings. The average molecular weight is 430 g/mol. The molecule has 4 nitrogen and oxygen atoms in total. The van der Waals surface area contributed by atoms with E-state index in [9.17, 15) is 4.79 Å². The molecule has 0 N–H and O–H groups in total. The Hall–Kier alpha value is -1.85. The van der Waals surface area contributed by atoms with Gasteiger partial charge in [0, 0.05) is 25.0 Å². The van der Waals surface area contributed by atoms with Gasteiger partial charge >= 0.3 is 5.97 Å². The Morgan fingerprint density at radius 3 is 2.37 bits per heavy atom. The number of aryl methyl sites for hydroxylation is 1. The fourth-order valence-corrected chi connectivity index (χ4v) is 4.39. The number of carbonyl (C=O) groups excluding carboxylic acids is 1. The number of ether oxygens (including phenoxy) is 1. The third-order valence-corrected chi connectivity index (χ3v) is 10.7. The van der Waals surface area contributed by atoms with Crippen LogP contribution < -0.4 is 0 Å².